The van der Waals surface area contributed by atoms with Crippen LogP contribution in [-0.4, -0.2) is 39.2 Å². The van der Waals surface area contributed by atoms with E-state index in [1.165, 1.54) is 18.1 Å². The first-order valence-corrected chi connectivity index (χ1v) is 8.34. The Bertz CT molecular complexity index is 704. The molecule has 2 rings (SSSR count). The Hall–Kier alpha value is -1.45. The number of carbonyl (C=O) groups excluding carboxylic acids is 2. The second-order valence-corrected chi connectivity index (χ2v) is 7.33. The first-order chi connectivity index (χ1) is 9.74. The van der Waals surface area contributed by atoms with Crippen LogP contribution >= 0.6 is 15.9 Å². The van der Waals surface area contributed by atoms with Gasteiger partial charge in [-0.05, 0) is 18.2 Å². The van der Waals surface area contributed by atoms with Crippen molar-refractivity contribution < 1.29 is 22.7 Å². The van der Waals surface area contributed by atoms with E-state index < -0.39 is 27.1 Å². The predicted octanol–water partition coefficient (Wildman–Crippen LogP) is 0.630. The SMILES string of the molecule is COC(=O)c1cc(Br)ccc1N1CC(S(N)(=O)=O)CC1=O. The minimum Gasteiger partial charge on any atom is -0.465 e. The molecule has 0 saturated carbocycles. The van der Waals surface area contributed by atoms with Crippen molar-refractivity contribution in [2.24, 2.45) is 5.14 Å². The number of rotatable bonds is 3. The maximum absolute atomic E-state index is 12.0. The molecule has 1 atom stereocenters. The molecule has 0 radical (unpaired) electrons. The molecule has 1 aliphatic heterocycles. The van der Waals surface area contributed by atoms with E-state index >= 15 is 0 Å². The Kier molecular flexibility index (Phi) is 4.35. The van der Waals surface area contributed by atoms with Gasteiger partial charge >= 0.3 is 5.97 Å². The standard InChI is InChI=1S/C12H13BrN2O5S/c1-20-12(17)9-4-7(13)2-3-10(9)15-6-8(5-11(15)16)21(14,18)19/h2-4,8H,5-6H2,1H3,(H2,14,18,19). The van der Waals surface area contributed by atoms with Crippen molar-refractivity contribution in [2.75, 3.05) is 18.6 Å². The van der Waals surface area contributed by atoms with Crippen molar-refractivity contribution in [3.05, 3.63) is 28.2 Å². The number of hydrogen-bond acceptors (Lipinski definition) is 5. The van der Waals surface area contributed by atoms with Crippen LogP contribution in [-0.2, 0) is 19.6 Å². The Morgan fingerprint density at radius 1 is 1.48 bits per heavy atom. The number of nitrogens with zero attached hydrogens (tertiary/aromatic N) is 1. The van der Waals surface area contributed by atoms with E-state index in [0.717, 1.165) is 0 Å². The van der Waals surface area contributed by atoms with E-state index in [1.54, 1.807) is 12.1 Å². The lowest BCUT2D eigenvalue weighted by atomic mass is 10.1. The lowest BCUT2D eigenvalue weighted by molar-refractivity contribution is -0.117. The van der Waals surface area contributed by atoms with Crippen molar-refractivity contribution >= 4 is 43.5 Å². The van der Waals surface area contributed by atoms with E-state index in [9.17, 15) is 18.0 Å². The highest BCUT2D eigenvalue weighted by Gasteiger charge is 2.38. The van der Waals surface area contributed by atoms with Crippen LogP contribution in [0.1, 0.15) is 16.8 Å². The number of nitrogens with two attached hydrogens (primary N) is 1. The second kappa shape index (κ2) is 5.74. The van der Waals surface area contributed by atoms with Crippen molar-refractivity contribution in [1.82, 2.24) is 0 Å². The van der Waals surface area contributed by atoms with E-state index in [0.29, 0.717) is 10.2 Å². The maximum Gasteiger partial charge on any atom is 0.340 e. The number of ether oxygens (including phenoxy) is 1. The summed E-state index contributed by atoms with van der Waals surface area (Å²) in [4.78, 5) is 25.1. The summed E-state index contributed by atoms with van der Waals surface area (Å²) in [5.41, 5.74) is 0.483. The molecule has 9 heteroatoms. The molecule has 0 spiro atoms. The lowest BCUT2D eigenvalue weighted by Crippen LogP contribution is -2.32. The number of amides is 1. The van der Waals surface area contributed by atoms with Gasteiger partial charge in [0.2, 0.25) is 15.9 Å². The third-order valence-electron chi connectivity index (χ3n) is 3.21. The topological polar surface area (TPSA) is 107 Å². The van der Waals surface area contributed by atoms with Gasteiger partial charge in [-0.3, -0.25) is 4.79 Å². The molecule has 1 aromatic rings. The fourth-order valence-corrected chi connectivity index (χ4v) is 3.24. The molecule has 114 valence electrons. The number of methoxy groups -OCH3 is 1. The summed E-state index contributed by atoms with van der Waals surface area (Å²) in [5, 5.41) is 4.11. The minimum absolute atomic E-state index is 0.0801. The average molecular weight is 377 g/mol. The molecule has 1 fully saturated rings. The summed E-state index contributed by atoms with van der Waals surface area (Å²) >= 11 is 3.23. The molecule has 1 heterocycles. The highest BCUT2D eigenvalue weighted by molar-refractivity contribution is 9.10. The van der Waals surface area contributed by atoms with Gasteiger partial charge in [-0.2, -0.15) is 0 Å². The highest BCUT2D eigenvalue weighted by atomic mass is 79.9. The smallest absolute Gasteiger partial charge is 0.340 e. The molecule has 1 aromatic carbocycles. The quantitative estimate of drug-likeness (QED) is 0.778. The number of carbonyl (C=O) groups is 2. The van der Waals surface area contributed by atoms with E-state index in [-0.39, 0.29) is 18.5 Å². The normalized spacial score (nSPS) is 18.9. The van der Waals surface area contributed by atoms with Gasteiger partial charge in [0.1, 0.15) is 5.25 Å². The van der Waals surface area contributed by atoms with Crippen LogP contribution in [0.5, 0.6) is 0 Å². The zero-order chi connectivity index (χ0) is 15.8. The third kappa shape index (κ3) is 3.25. The van der Waals surface area contributed by atoms with Crippen LogP contribution < -0.4 is 10.0 Å². The monoisotopic (exact) mass is 376 g/mol. The predicted molar refractivity (Wildman–Crippen MR) is 79.3 cm³/mol. The summed E-state index contributed by atoms with van der Waals surface area (Å²) in [6.45, 7) is -0.0801. The number of primary sulfonamides is 1. The molecule has 1 aliphatic rings. The molecule has 1 saturated heterocycles. The number of benzene rings is 1. The van der Waals surface area contributed by atoms with Gasteiger partial charge in [0.05, 0.1) is 18.4 Å². The Labute approximate surface area is 130 Å². The second-order valence-electron chi connectivity index (χ2n) is 4.57. The number of halogens is 1. The summed E-state index contributed by atoms with van der Waals surface area (Å²) < 4.78 is 28.1. The zero-order valence-corrected chi connectivity index (χ0v) is 13.5. The first kappa shape index (κ1) is 15.9. The van der Waals surface area contributed by atoms with Gasteiger partial charge in [0.15, 0.2) is 0 Å². The number of anilines is 1. The summed E-state index contributed by atoms with van der Waals surface area (Å²) in [6.07, 6.45) is -0.199. The first-order valence-electron chi connectivity index (χ1n) is 5.94. The number of sulfonamides is 1. The molecule has 0 aliphatic carbocycles. The fraction of sp³-hybridized carbons (Fsp3) is 0.333. The van der Waals surface area contributed by atoms with Crippen molar-refractivity contribution in [2.45, 2.75) is 11.7 Å². The Morgan fingerprint density at radius 2 is 2.14 bits per heavy atom. The highest BCUT2D eigenvalue weighted by Crippen LogP contribution is 2.30. The van der Waals surface area contributed by atoms with Crippen molar-refractivity contribution in [1.29, 1.82) is 0 Å². The van der Waals surface area contributed by atoms with Crippen LogP contribution in [0.3, 0.4) is 0 Å². The van der Waals surface area contributed by atoms with Gasteiger partial charge < -0.3 is 9.64 Å². The van der Waals surface area contributed by atoms with E-state index in [1.807, 2.05) is 0 Å². The van der Waals surface area contributed by atoms with Gasteiger partial charge in [0.25, 0.3) is 0 Å². The third-order valence-corrected chi connectivity index (χ3v) is 4.95. The fourth-order valence-electron chi connectivity index (χ4n) is 2.14. The lowest BCUT2D eigenvalue weighted by Gasteiger charge is -2.19. The molecule has 21 heavy (non-hydrogen) atoms. The molecule has 7 nitrogen and oxygen atoms in total. The Morgan fingerprint density at radius 3 is 2.67 bits per heavy atom. The van der Waals surface area contributed by atoms with Crippen molar-refractivity contribution in [3.63, 3.8) is 0 Å². The average Bonchev–Trinajstić information content (AvgIpc) is 2.80. The summed E-state index contributed by atoms with van der Waals surface area (Å²) in [5.74, 6) is -1.01. The zero-order valence-electron chi connectivity index (χ0n) is 11.1. The summed E-state index contributed by atoms with van der Waals surface area (Å²) in [7, 11) is -2.58. The van der Waals surface area contributed by atoms with Gasteiger partial charge in [-0.1, -0.05) is 15.9 Å². The molecular weight excluding hydrogens is 364 g/mol. The Balaban J connectivity index is 2.43. The van der Waals surface area contributed by atoms with Crippen LogP contribution in [0, 0.1) is 0 Å². The minimum atomic E-state index is -3.81. The van der Waals surface area contributed by atoms with E-state index in [4.69, 9.17) is 5.14 Å². The van der Waals surface area contributed by atoms with Crippen LogP contribution in [0.2, 0.25) is 0 Å². The maximum atomic E-state index is 12.0. The molecule has 1 amide bonds. The number of esters is 1. The molecular formula is C12H13BrN2O5S. The van der Waals surface area contributed by atoms with Crippen LogP contribution in [0.15, 0.2) is 22.7 Å². The van der Waals surface area contributed by atoms with Gasteiger partial charge in [-0.15, -0.1) is 0 Å². The van der Waals surface area contributed by atoms with Crippen molar-refractivity contribution in [3.8, 4) is 0 Å². The van der Waals surface area contributed by atoms with Crippen LogP contribution in [0.25, 0.3) is 0 Å². The molecule has 2 N–H and O–H groups in total. The van der Waals surface area contributed by atoms with Gasteiger partial charge in [-0.25, -0.2) is 18.4 Å². The summed E-state index contributed by atoms with van der Waals surface area (Å²) in [6, 6.07) is 4.72. The van der Waals surface area contributed by atoms with Gasteiger partial charge in [0, 0.05) is 17.4 Å². The van der Waals surface area contributed by atoms with E-state index in [2.05, 4.69) is 20.7 Å². The largest absolute Gasteiger partial charge is 0.465 e. The van der Waals surface area contributed by atoms with Crippen LogP contribution in [0.4, 0.5) is 5.69 Å². The molecule has 0 bridgehead atoms. The molecule has 0 aromatic heterocycles. The molecule has 1 unspecified atom stereocenters. The number of hydrogen-bond donors (Lipinski definition) is 1.